The molecule has 1 unspecified atom stereocenters. The molecule has 1 atom stereocenters. The highest BCUT2D eigenvalue weighted by atomic mass is 14.9. The summed E-state index contributed by atoms with van der Waals surface area (Å²) in [5.74, 6) is 1.26. The third-order valence-electron chi connectivity index (χ3n) is 3.43. The van der Waals surface area contributed by atoms with E-state index in [1.54, 1.807) is 12.4 Å². The second-order valence-electron chi connectivity index (χ2n) is 4.86. The van der Waals surface area contributed by atoms with Gasteiger partial charge in [0.1, 0.15) is 5.69 Å². The fraction of sp³-hybridized carbons (Fsp3) is 0.438. The molecular weight excluding hydrogens is 234 g/mol. The molecule has 0 aliphatic rings. The molecule has 0 saturated heterocycles. The molecule has 0 aliphatic heterocycles. The number of nitrogens with zero attached hydrogens (tertiary/aromatic N) is 3. The van der Waals surface area contributed by atoms with Gasteiger partial charge in [0.25, 0.3) is 0 Å². The Hall–Kier alpha value is -1.77. The Labute approximate surface area is 115 Å². The van der Waals surface area contributed by atoms with E-state index >= 15 is 0 Å². The van der Waals surface area contributed by atoms with Crippen LogP contribution >= 0.6 is 0 Å². The third kappa shape index (κ3) is 3.16. The second-order valence-corrected chi connectivity index (χ2v) is 4.86. The molecule has 2 heterocycles. The van der Waals surface area contributed by atoms with Gasteiger partial charge in [-0.15, -0.1) is 0 Å². The lowest BCUT2D eigenvalue weighted by Crippen LogP contribution is -2.03. The van der Waals surface area contributed by atoms with Crippen LogP contribution in [0.3, 0.4) is 0 Å². The predicted octanol–water partition coefficient (Wildman–Crippen LogP) is 4.00. The summed E-state index contributed by atoms with van der Waals surface area (Å²) in [6.45, 7) is 6.66. The molecule has 2 aromatic heterocycles. The lowest BCUT2D eigenvalue weighted by molar-refractivity contribution is 0.708. The Morgan fingerprint density at radius 2 is 1.84 bits per heavy atom. The van der Waals surface area contributed by atoms with E-state index in [1.165, 1.54) is 11.3 Å². The van der Waals surface area contributed by atoms with E-state index in [2.05, 4.69) is 36.8 Å². The molecule has 0 aliphatic carbocycles. The topological polar surface area (TPSA) is 38.7 Å². The van der Waals surface area contributed by atoms with E-state index < -0.39 is 0 Å². The average Bonchev–Trinajstić information content (AvgIpc) is 2.47. The quantitative estimate of drug-likeness (QED) is 0.810. The van der Waals surface area contributed by atoms with Crippen LogP contribution in [-0.2, 0) is 6.42 Å². The summed E-state index contributed by atoms with van der Waals surface area (Å²) in [6.07, 6.45) is 6.77. The SMILES string of the molecule is CCCc1nc(-c2ncccn2)ccc1C(C)CC. The number of hydrogen-bond acceptors (Lipinski definition) is 3. The predicted molar refractivity (Wildman–Crippen MR) is 78.0 cm³/mol. The molecule has 0 saturated carbocycles. The van der Waals surface area contributed by atoms with Gasteiger partial charge in [-0.3, -0.25) is 0 Å². The van der Waals surface area contributed by atoms with Crippen LogP contribution in [0, 0.1) is 0 Å². The number of aromatic nitrogens is 3. The molecule has 0 amide bonds. The number of aryl methyl sites for hydroxylation is 1. The fourth-order valence-corrected chi connectivity index (χ4v) is 2.17. The zero-order valence-electron chi connectivity index (χ0n) is 11.9. The van der Waals surface area contributed by atoms with Gasteiger partial charge < -0.3 is 0 Å². The third-order valence-corrected chi connectivity index (χ3v) is 3.43. The van der Waals surface area contributed by atoms with Gasteiger partial charge in [0.05, 0.1) is 0 Å². The van der Waals surface area contributed by atoms with Crippen molar-refractivity contribution in [1.29, 1.82) is 0 Å². The first-order valence-electron chi connectivity index (χ1n) is 7.03. The minimum absolute atomic E-state index is 0.555. The van der Waals surface area contributed by atoms with Gasteiger partial charge in [-0.05, 0) is 36.5 Å². The van der Waals surface area contributed by atoms with E-state index in [0.29, 0.717) is 11.7 Å². The van der Waals surface area contributed by atoms with Crippen molar-refractivity contribution in [3.8, 4) is 11.5 Å². The lowest BCUT2D eigenvalue weighted by Gasteiger charge is -2.14. The van der Waals surface area contributed by atoms with Crippen molar-refractivity contribution in [2.45, 2.75) is 46.0 Å². The molecule has 3 heteroatoms. The number of hydrogen-bond donors (Lipinski definition) is 0. The standard InChI is InChI=1S/C16H21N3/c1-4-7-14-13(12(3)5-2)8-9-15(19-14)16-17-10-6-11-18-16/h6,8-12H,4-5,7H2,1-3H3. The molecule has 0 radical (unpaired) electrons. The van der Waals surface area contributed by atoms with Gasteiger partial charge >= 0.3 is 0 Å². The van der Waals surface area contributed by atoms with Crippen LogP contribution in [0.4, 0.5) is 0 Å². The van der Waals surface area contributed by atoms with Crippen LogP contribution < -0.4 is 0 Å². The number of pyridine rings is 1. The summed E-state index contributed by atoms with van der Waals surface area (Å²) in [5.41, 5.74) is 3.43. The van der Waals surface area contributed by atoms with Crippen LogP contribution in [0.5, 0.6) is 0 Å². The van der Waals surface area contributed by atoms with Crippen molar-refractivity contribution < 1.29 is 0 Å². The van der Waals surface area contributed by atoms with Crippen molar-refractivity contribution in [3.05, 3.63) is 41.9 Å². The van der Waals surface area contributed by atoms with Gasteiger partial charge in [-0.1, -0.05) is 33.3 Å². The largest absolute Gasteiger partial charge is 0.249 e. The first-order chi connectivity index (χ1) is 9.26. The summed E-state index contributed by atoms with van der Waals surface area (Å²) < 4.78 is 0. The lowest BCUT2D eigenvalue weighted by atomic mass is 9.95. The van der Waals surface area contributed by atoms with Crippen molar-refractivity contribution in [2.75, 3.05) is 0 Å². The van der Waals surface area contributed by atoms with Crippen LogP contribution in [0.2, 0.25) is 0 Å². The van der Waals surface area contributed by atoms with E-state index in [0.717, 1.165) is 25.0 Å². The molecule has 2 rings (SSSR count). The zero-order valence-corrected chi connectivity index (χ0v) is 11.9. The summed E-state index contributed by atoms with van der Waals surface area (Å²) >= 11 is 0. The van der Waals surface area contributed by atoms with Crippen LogP contribution in [0.15, 0.2) is 30.6 Å². The first-order valence-corrected chi connectivity index (χ1v) is 7.03. The Morgan fingerprint density at radius 3 is 2.47 bits per heavy atom. The van der Waals surface area contributed by atoms with Crippen LogP contribution in [-0.4, -0.2) is 15.0 Å². The van der Waals surface area contributed by atoms with Gasteiger partial charge in [0.2, 0.25) is 0 Å². The molecule has 2 aromatic rings. The number of rotatable bonds is 5. The van der Waals surface area contributed by atoms with E-state index in [-0.39, 0.29) is 0 Å². The van der Waals surface area contributed by atoms with Gasteiger partial charge in [0.15, 0.2) is 5.82 Å². The van der Waals surface area contributed by atoms with E-state index in [1.807, 2.05) is 12.1 Å². The first kappa shape index (κ1) is 13.7. The maximum atomic E-state index is 4.78. The summed E-state index contributed by atoms with van der Waals surface area (Å²) in [5, 5.41) is 0. The average molecular weight is 255 g/mol. The van der Waals surface area contributed by atoms with Gasteiger partial charge in [0, 0.05) is 18.1 Å². The normalized spacial score (nSPS) is 12.4. The maximum absolute atomic E-state index is 4.78. The highest BCUT2D eigenvalue weighted by Gasteiger charge is 2.12. The van der Waals surface area contributed by atoms with E-state index in [4.69, 9.17) is 4.98 Å². The van der Waals surface area contributed by atoms with Gasteiger partial charge in [-0.25, -0.2) is 15.0 Å². The Bertz CT molecular complexity index is 523. The molecule has 3 nitrogen and oxygen atoms in total. The van der Waals surface area contributed by atoms with Crippen molar-refractivity contribution in [1.82, 2.24) is 15.0 Å². The Morgan fingerprint density at radius 1 is 1.11 bits per heavy atom. The molecule has 100 valence electrons. The maximum Gasteiger partial charge on any atom is 0.178 e. The molecule has 0 aromatic carbocycles. The van der Waals surface area contributed by atoms with Gasteiger partial charge in [-0.2, -0.15) is 0 Å². The Balaban J connectivity index is 2.41. The minimum Gasteiger partial charge on any atom is -0.249 e. The van der Waals surface area contributed by atoms with Crippen molar-refractivity contribution >= 4 is 0 Å². The van der Waals surface area contributed by atoms with Crippen LogP contribution in [0.25, 0.3) is 11.5 Å². The summed E-state index contributed by atoms with van der Waals surface area (Å²) in [6, 6.07) is 6.05. The fourth-order valence-electron chi connectivity index (χ4n) is 2.17. The van der Waals surface area contributed by atoms with Crippen molar-refractivity contribution in [3.63, 3.8) is 0 Å². The molecule has 0 N–H and O–H groups in total. The molecule has 0 spiro atoms. The smallest absolute Gasteiger partial charge is 0.178 e. The molecule has 19 heavy (non-hydrogen) atoms. The molecule has 0 fully saturated rings. The minimum atomic E-state index is 0.555. The summed E-state index contributed by atoms with van der Waals surface area (Å²) in [4.78, 5) is 13.3. The van der Waals surface area contributed by atoms with Crippen molar-refractivity contribution in [2.24, 2.45) is 0 Å². The Kier molecular flexibility index (Phi) is 4.61. The second kappa shape index (κ2) is 6.41. The molecular formula is C16H21N3. The molecule has 0 bridgehead atoms. The van der Waals surface area contributed by atoms with E-state index in [9.17, 15) is 0 Å². The highest BCUT2D eigenvalue weighted by Crippen LogP contribution is 2.25. The van der Waals surface area contributed by atoms with Crippen LogP contribution in [0.1, 0.15) is 50.8 Å². The zero-order chi connectivity index (χ0) is 13.7. The summed E-state index contributed by atoms with van der Waals surface area (Å²) in [7, 11) is 0. The highest BCUT2D eigenvalue weighted by molar-refractivity contribution is 5.50. The monoisotopic (exact) mass is 255 g/mol.